The third-order valence-electron chi connectivity index (χ3n) is 5.11. The monoisotopic (exact) mass is 443 g/mol. The van der Waals surface area contributed by atoms with Crippen LogP contribution in [-0.4, -0.2) is 37.1 Å². The number of aliphatic imine (C=N–C) groups is 1. The number of nitrogens with one attached hydrogen (secondary N) is 1. The molecule has 0 aromatic heterocycles. The van der Waals surface area contributed by atoms with Gasteiger partial charge < -0.3 is 15.0 Å². The average molecular weight is 443 g/mol. The van der Waals surface area contributed by atoms with Gasteiger partial charge in [0, 0.05) is 26.7 Å². The fraction of sp³-hybridized carbons (Fsp3) is 0.632. The van der Waals surface area contributed by atoms with Gasteiger partial charge in [0.15, 0.2) is 5.96 Å². The summed E-state index contributed by atoms with van der Waals surface area (Å²) in [7, 11) is 1.88. The van der Waals surface area contributed by atoms with Crippen molar-refractivity contribution >= 4 is 29.9 Å². The minimum absolute atomic E-state index is 0. The van der Waals surface area contributed by atoms with Gasteiger partial charge in [-0.2, -0.15) is 0 Å². The Bertz CT molecular complexity index is 552. The molecule has 134 valence electrons. The number of halogens is 1. The molecule has 1 saturated heterocycles. The zero-order valence-electron chi connectivity index (χ0n) is 15.0. The molecule has 1 aliphatic carbocycles. The maximum absolute atomic E-state index is 5.69. The molecule has 0 radical (unpaired) electrons. The molecule has 2 aliphatic rings. The molecule has 5 heteroatoms. The van der Waals surface area contributed by atoms with Gasteiger partial charge in [-0.05, 0) is 56.2 Å². The van der Waals surface area contributed by atoms with E-state index in [1.807, 2.05) is 33.0 Å². The Labute approximate surface area is 163 Å². The highest BCUT2D eigenvalue weighted by Crippen LogP contribution is 2.47. The molecule has 1 aromatic carbocycles. The lowest BCUT2D eigenvalue weighted by Crippen LogP contribution is -2.42. The van der Waals surface area contributed by atoms with E-state index in [0.717, 1.165) is 24.8 Å². The smallest absolute Gasteiger partial charge is 0.193 e. The van der Waals surface area contributed by atoms with Crippen molar-refractivity contribution in [1.82, 2.24) is 10.2 Å². The van der Waals surface area contributed by atoms with Crippen molar-refractivity contribution in [2.75, 3.05) is 20.1 Å². The van der Waals surface area contributed by atoms with Crippen molar-refractivity contribution in [3.05, 3.63) is 29.8 Å². The molecule has 0 atom stereocenters. The Morgan fingerprint density at radius 3 is 2.46 bits per heavy atom. The predicted molar refractivity (Wildman–Crippen MR) is 110 cm³/mol. The summed E-state index contributed by atoms with van der Waals surface area (Å²) in [5.41, 5.74) is 1.85. The maximum Gasteiger partial charge on any atom is 0.193 e. The van der Waals surface area contributed by atoms with E-state index in [2.05, 4.69) is 27.3 Å². The maximum atomic E-state index is 5.69. The molecular weight excluding hydrogens is 413 g/mol. The highest BCUT2D eigenvalue weighted by molar-refractivity contribution is 14.0. The summed E-state index contributed by atoms with van der Waals surface area (Å²) in [4.78, 5) is 6.90. The molecule has 1 saturated carbocycles. The van der Waals surface area contributed by atoms with Crippen LogP contribution >= 0.6 is 24.0 Å². The number of guanidine groups is 1. The lowest BCUT2D eigenvalue weighted by atomic mass is 9.68. The van der Waals surface area contributed by atoms with Crippen LogP contribution in [-0.2, 0) is 6.54 Å². The molecule has 1 N–H and O–H groups in total. The topological polar surface area (TPSA) is 36.9 Å². The summed E-state index contributed by atoms with van der Waals surface area (Å²) in [6, 6.07) is 8.32. The molecule has 1 aromatic rings. The number of rotatable bonds is 4. The van der Waals surface area contributed by atoms with E-state index in [4.69, 9.17) is 4.74 Å². The Kier molecular flexibility index (Phi) is 6.78. The van der Waals surface area contributed by atoms with Crippen molar-refractivity contribution in [1.29, 1.82) is 0 Å². The molecule has 0 bridgehead atoms. The molecule has 24 heavy (non-hydrogen) atoms. The molecule has 4 nitrogen and oxygen atoms in total. The first-order valence-corrected chi connectivity index (χ1v) is 8.81. The first-order chi connectivity index (χ1) is 11.1. The van der Waals surface area contributed by atoms with Crippen molar-refractivity contribution in [2.45, 2.75) is 52.2 Å². The van der Waals surface area contributed by atoms with Crippen LogP contribution in [0, 0.1) is 5.41 Å². The number of nitrogens with zero attached hydrogens (tertiary/aromatic N) is 2. The van der Waals surface area contributed by atoms with Crippen LogP contribution < -0.4 is 10.1 Å². The summed E-state index contributed by atoms with van der Waals surface area (Å²) in [6.07, 6.45) is 5.75. The van der Waals surface area contributed by atoms with Gasteiger partial charge in [-0.1, -0.05) is 18.6 Å². The second kappa shape index (κ2) is 8.41. The van der Waals surface area contributed by atoms with Gasteiger partial charge in [0.1, 0.15) is 5.75 Å². The largest absolute Gasteiger partial charge is 0.491 e. The first-order valence-electron chi connectivity index (χ1n) is 8.81. The van der Waals surface area contributed by atoms with Gasteiger partial charge in [0.2, 0.25) is 0 Å². The summed E-state index contributed by atoms with van der Waals surface area (Å²) in [6.45, 7) is 7.21. The Hall–Kier alpha value is -0.980. The molecule has 0 unspecified atom stereocenters. The number of likely N-dealkylation sites (tertiary alicyclic amines) is 1. The Balaban J connectivity index is 0.00000208. The van der Waals surface area contributed by atoms with Crippen molar-refractivity contribution in [3.63, 3.8) is 0 Å². The van der Waals surface area contributed by atoms with Crippen LogP contribution in [0.25, 0.3) is 0 Å². The SMILES string of the molecule is CN=C(NCc1ccc(OC(C)C)cc1)N1CCC2(CCC2)C1.I. The summed E-state index contributed by atoms with van der Waals surface area (Å²) in [5.74, 6) is 1.97. The standard InChI is InChI=1S/C19H29N3O.HI/c1-15(2)23-17-7-5-16(6-8-17)13-21-18(20-3)22-12-11-19(14-22)9-4-10-19;/h5-8,15H,4,9-14H2,1-3H3,(H,20,21);1H. The third-order valence-corrected chi connectivity index (χ3v) is 5.11. The summed E-state index contributed by atoms with van der Waals surface area (Å²) >= 11 is 0. The molecule has 1 heterocycles. The van der Waals surface area contributed by atoms with Crippen LogP contribution in [0.15, 0.2) is 29.3 Å². The molecule has 1 aliphatic heterocycles. The summed E-state index contributed by atoms with van der Waals surface area (Å²) < 4.78 is 5.69. The quantitative estimate of drug-likeness (QED) is 0.434. The first kappa shape index (κ1) is 19.3. The third kappa shape index (κ3) is 4.55. The fourth-order valence-electron chi connectivity index (χ4n) is 3.67. The van der Waals surface area contributed by atoms with Gasteiger partial charge in [-0.25, -0.2) is 0 Å². The normalized spacial score (nSPS) is 19.2. The van der Waals surface area contributed by atoms with E-state index < -0.39 is 0 Å². The number of ether oxygens (including phenoxy) is 1. The predicted octanol–water partition coefficient (Wildman–Crippen LogP) is 4.04. The van der Waals surface area contributed by atoms with Crippen molar-refractivity contribution in [3.8, 4) is 5.75 Å². The van der Waals surface area contributed by atoms with Crippen LogP contribution in [0.5, 0.6) is 5.75 Å². The zero-order valence-corrected chi connectivity index (χ0v) is 17.4. The average Bonchev–Trinajstić information content (AvgIpc) is 2.95. The molecule has 3 rings (SSSR count). The van der Waals surface area contributed by atoms with Crippen LogP contribution in [0.3, 0.4) is 0 Å². The van der Waals surface area contributed by atoms with E-state index >= 15 is 0 Å². The lowest BCUT2D eigenvalue weighted by Gasteiger charge is -2.38. The molecule has 2 fully saturated rings. The minimum Gasteiger partial charge on any atom is -0.491 e. The number of benzene rings is 1. The molecule has 0 amide bonds. The highest BCUT2D eigenvalue weighted by atomic mass is 127. The van der Waals surface area contributed by atoms with Crippen LogP contribution in [0.1, 0.15) is 45.1 Å². The van der Waals surface area contributed by atoms with Crippen LogP contribution in [0.2, 0.25) is 0 Å². The van der Waals surface area contributed by atoms with Gasteiger partial charge in [0.05, 0.1) is 6.10 Å². The van der Waals surface area contributed by atoms with Gasteiger partial charge in [0.25, 0.3) is 0 Å². The lowest BCUT2D eigenvalue weighted by molar-refractivity contribution is 0.151. The van der Waals surface area contributed by atoms with Gasteiger partial charge in [-0.15, -0.1) is 24.0 Å². The van der Waals surface area contributed by atoms with E-state index in [-0.39, 0.29) is 30.1 Å². The van der Waals surface area contributed by atoms with Gasteiger partial charge in [-0.3, -0.25) is 4.99 Å². The van der Waals surface area contributed by atoms with E-state index in [0.29, 0.717) is 5.41 Å². The fourth-order valence-corrected chi connectivity index (χ4v) is 3.67. The second-order valence-corrected chi connectivity index (χ2v) is 7.24. The van der Waals surface area contributed by atoms with E-state index in [9.17, 15) is 0 Å². The molecule has 1 spiro atoms. The zero-order chi connectivity index (χ0) is 16.3. The van der Waals surface area contributed by atoms with E-state index in [1.165, 1.54) is 37.8 Å². The highest BCUT2D eigenvalue weighted by Gasteiger charge is 2.43. The van der Waals surface area contributed by atoms with Crippen LogP contribution in [0.4, 0.5) is 0 Å². The minimum atomic E-state index is 0. The second-order valence-electron chi connectivity index (χ2n) is 7.24. The van der Waals surface area contributed by atoms with Gasteiger partial charge >= 0.3 is 0 Å². The molecular formula is C19H30IN3O. The van der Waals surface area contributed by atoms with E-state index in [1.54, 1.807) is 0 Å². The Morgan fingerprint density at radius 2 is 1.96 bits per heavy atom. The Morgan fingerprint density at radius 1 is 1.25 bits per heavy atom. The van der Waals surface area contributed by atoms with Crippen molar-refractivity contribution in [2.24, 2.45) is 10.4 Å². The summed E-state index contributed by atoms with van der Waals surface area (Å²) in [5, 5.41) is 3.51. The number of hydrogen-bond acceptors (Lipinski definition) is 2. The van der Waals surface area contributed by atoms with Crippen molar-refractivity contribution < 1.29 is 4.74 Å². The number of hydrogen-bond donors (Lipinski definition) is 1.